The fourth-order valence-corrected chi connectivity index (χ4v) is 6.68. The summed E-state index contributed by atoms with van der Waals surface area (Å²) in [4.78, 5) is 9.58. The Kier molecular flexibility index (Phi) is 8.64. The van der Waals surface area contributed by atoms with Gasteiger partial charge in [0.05, 0.1) is 35.8 Å². The van der Waals surface area contributed by atoms with Gasteiger partial charge in [-0.05, 0) is 66.4 Å². The number of aromatic nitrogens is 3. The zero-order valence-electron chi connectivity index (χ0n) is 25.9. The molecule has 40 heavy (non-hydrogen) atoms. The van der Waals surface area contributed by atoms with E-state index in [-0.39, 0.29) is 16.1 Å². The highest BCUT2D eigenvalue weighted by Gasteiger charge is 2.39. The van der Waals surface area contributed by atoms with Gasteiger partial charge in [-0.2, -0.15) is 0 Å². The summed E-state index contributed by atoms with van der Waals surface area (Å²) in [6, 6.07) is 16.9. The topological polar surface area (TPSA) is 49.2 Å². The van der Waals surface area contributed by atoms with Gasteiger partial charge < -0.3 is 13.4 Å². The Bertz CT molecular complexity index is 1470. The van der Waals surface area contributed by atoms with Crippen LogP contribution in [-0.2, 0) is 16.7 Å². The van der Waals surface area contributed by atoms with Crippen molar-refractivity contribution in [1.82, 2.24) is 14.5 Å². The first-order valence-corrected chi connectivity index (χ1v) is 20.6. The Morgan fingerprint density at radius 3 is 2.08 bits per heavy atom. The Labute approximate surface area is 247 Å². The van der Waals surface area contributed by atoms with Crippen molar-refractivity contribution in [1.29, 1.82) is 0 Å². The minimum atomic E-state index is -1.99. The first-order valence-electron chi connectivity index (χ1n) is 14.3. The summed E-state index contributed by atoms with van der Waals surface area (Å²) >= 11 is 6.53. The molecule has 0 bridgehead atoms. The number of fused-ring (bicyclic) bond motifs is 3. The molecule has 1 atom stereocenters. The van der Waals surface area contributed by atoms with Gasteiger partial charge in [-0.1, -0.05) is 71.9 Å². The number of imidazole rings is 1. The molecule has 0 fully saturated rings. The summed E-state index contributed by atoms with van der Waals surface area (Å²) in [5.74, 6) is 2.10. The molecule has 5 nitrogen and oxygen atoms in total. The average Bonchev–Trinajstić information content (AvgIpc) is 3.25. The minimum absolute atomic E-state index is 0.0193. The minimum Gasteiger partial charge on any atom is -0.544 e. The molecule has 216 valence electrons. The second-order valence-corrected chi connectivity index (χ2v) is 23.8. The van der Waals surface area contributed by atoms with Gasteiger partial charge in [-0.15, -0.1) is 11.6 Å². The average molecular weight is 596 g/mol. The molecule has 0 spiro atoms. The number of hydrogen-bond acceptors (Lipinski definition) is 4. The van der Waals surface area contributed by atoms with Gasteiger partial charge in [0.1, 0.15) is 17.1 Å². The largest absolute Gasteiger partial charge is 0.544 e. The third-order valence-electron chi connectivity index (χ3n) is 9.00. The quantitative estimate of drug-likeness (QED) is 0.143. The molecule has 2 heterocycles. The maximum absolute atomic E-state index is 6.85. The van der Waals surface area contributed by atoms with Gasteiger partial charge in [-0.3, -0.25) is 4.98 Å². The van der Waals surface area contributed by atoms with E-state index in [1.807, 2.05) is 12.3 Å². The van der Waals surface area contributed by atoms with Crippen LogP contribution in [0.5, 0.6) is 5.75 Å². The van der Waals surface area contributed by atoms with Crippen molar-refractivity contribution in [3.8, 4) is 5.75 Å². The first kappa shape index (κ1) is 30.8. The van der Waals surface area contributed by atoms with Crippen LogP contribution in [0.3, 0.4) is 0 Å². The lowest BCUT2D eigenvalue weighted by atomic mass is 10.1. The fourth-order valence-electron chi connectivity index (χ4n) is 4.42. The van der Waals surface area contributed by atoms with E-state index >= 15 is 0 Å². The van der Waals surface area contributed by atoms with E-state index in [1.54, 1.807) is 0 Å². The Balaban J connectivity index is 1.75. The highest BCUT2D eigenvalue weighted by atomic mass is 35.5. The predicted octanol–water partition coefficient (Wildman–Crippen LogP) is 9.51. The smallest absolute Gasteiger partial charge is 0.250 e. The third kappa shape index (κ3) is 6.33. The number of para-hydroxylation sites is 1. The number of rotatable bonds is 9. The predicted molar refractivity (Wildman–Crippen MR) is 175 cm³/mol. The number of benzene rings is 2. The monoisotopic (exact) mass is 595 g/mol. The van der Waals surface area contributed by atoms with Crippen molar-refractivity contribution in [2.24, 2.45) is 0 Å². The number of halogens is 1. The number of nitrogens with zero attached hydrogens (tertiary/aromatic N) is 3. The maximum Gasteiger partial charge on any atom is 0.250 e. The summed E-state index contributed by atoms with van der Waals surface area (Å²) in [6.45, 7) is 23.4. The van der Waals surface area contributed by atoms with Crippen LogP contribution in [0.1, 0.15) is 59.0 Å². The normalized spacial score (nSPS) is 14.2. The van der Waals surface area contributed by atoms with Crippen LogP contribution in [0.4, 0.5) is 0 Å². The molecule has 0 aliphatic heterocycles. The van der Waals surface area contributed by atoms with Crippen molar-refractivity contribution in [2.75, 3.05) is 6.61 Å². The second-order valence-electron chi connectivity index (χ2n) is 14.0. The highest BCUT2D eigenvalue weighted by Crippen LogP contribution is 2.39. The van der Waals surface area contributed by atoms with E-state index in [9.17, 15) is 0 Å². The van der Waals surface area contributed by atoms with Crippen LogP contribution in [0.15, 0.2) is 54.7 Å². The Morgan fingerprint density at radius 2 is 1.48 bits per heavy atom. The number of hydrogen-bond donors (Lipinski definition) is 0. The van der Waals surface area contributed by atoms with Crippen molar-refractivity contribution in [2.45, 2.75) is 96.1 Å². The molecule has 0 amide bonds. The van der Waals surface area contributed by atoms with Gasteiger partial charge >= 0.3 is 0 Å². The SMILES string of the molecule is CC(C)(C)[Si](C)(C)OC[C@H](Cc1ccc(O[Si](C)(C)C(C)(C)C)cc1)n1c(CCl)nc2cnc3ccccc3c21. The van der Waals surface area contributed by atoms with Crippen LogP contribution in [0.25, 0.3) is 21.9 Å². The van der Waals surface area contributed by atoms with Gasteiger partial charge in [0.15, 0.2) is 8.32 Å². The highest BCUT2D eigenvalue weighted by molar-refractivity contribution is 6.75. The standard InChI is InChI=1S/C32H46ClN3O2Si2/c1-31(2,3)39(7,8)37-22-24(19-23-15-17-25(18-16-23)38-40(9,10)32(4,5)6)36-29(20-33)35-28-21-34-27-14-12-11-13-26(27)30(28)36/h11-18,21,24H,19-20,22H2,1-10H3/t24-/m0/s1. The maximum atomic E-state index is 6.85. The van der Waals surface area contributed by atoms with Gasteiger partial charge in [0.25, 0.3) is 0 Å². The summed E-state index contributed by atoms with van der Waals surface area (Å²) in [7, 11) is -3.90. The lowest BCUT2D eigenvalue weighted by Crippen LogP contribution is -2.43. The molecule has 0 saturated heterocycles. The molecule has 4 aromatic rings. The molecule has 8 heteroatoms. The molecule has 2 aromatic carbocycles. The number of alkyl halides is 1. The van der Waals surface area contributed by atoms with Crippen molar-refractivity contribution in [3.05, 3.63) is 66.1 Å². The third-order valence-corrected chi connectivity index (χ3v) is 18.1. The van der Waals surface area contributed by atoms with Crippen LogP contribution in [-0.4, -0.2) is 37.8 Å². The molecule has 0 radical (unpaired) electrons. The Hall–Kier alpha value is -2.20. The lowest BCUT2D eigenvalue weighted by molar-refractivity contribution is 0.229. The van der Waals surface area contributed by atoms with Gasteiger partial charge in [0, 0.05) is 5.39 Å². The molecule has 0 aliphatic rings. The van der Waals surface area contributed by atoms with Crippen molar-refractivity contribution in [3.63, 3.8) is 0 Å². The van der Waals surface area contributed by atoms with E-state index in [1.165, 1.54) is 5.56 Å². The lowest BCUT2D eigenvalue weighted by Gasteiger charge is -2.38. The molecular weight excluding hydrogens is 550 g/mol. The summed E-state index contributed by atoms with van der Waals surface area (Å²) in [5.41, 5.74) is 4.12. The van der Waals surface area contributed by atoms with Crippen molar-refractivity contribution < 1.29 is 8.85 Å². The van der Waals surface area contributed by atoms with Gasteiger partial charge in [-0.25, -0.2) is 4.98 Å². The first-order chi connectivity index (χ1) is 18.5. The summed E-state index contributed by atoms with van der Waals surface area (Å²) in [5, 5.41) is 1.35. The summed E-state index contributed by atoms with van der Waals surface area (Å²) < 4.78 is 15.7. The van der Waals surface area contributed by atoms with Crippen LogP contribution >= 0.6 is 11.6 Å². The van der Waals surface area contributed by atoms with Gasteiger partial charge in [0.2, 0.25) is 8.32 Å². The van der Waals surface area contributed by atoms with E-state index in [2.05, 4.69) is 120 Å². The van der Waals surface area contributed by atoms with E-state index in [4.69, 9.17) is 25.4 Å². The molecule has 0 unspecified atom stereocenters. The molecule has 2 aromatic heterocycles. The molecule has 0 aliphatic carbocycles. The number of pyridine rings is 1. The Morgan fingerprint density at radius 1 is 0.850 bits per heavy atom. The fraction of sp³-hybridized carbons (Fsp3) is 0.500. The van der Waals surface area contributed by atoms with E-state index < -0.39 is 16.6 Å². The van der Waals surface area contributed by atoms with Crippen LogP contribution in [0.2, 0.25) is 36.3 Å². The zero-order chi connectivity index (χ0) is 29.5. The summed E-state index contributed by atoms with van der Waals surface area (Å²) in [6.07, 6.45) is 2.66. The van der Waals surface area contributed by atoms with Crippen LogP contribution < -0.4 is 4.43 Å². The molecule has 0 N–H and O–H groups in total. The van der Waals surface area contributed by atoms with Crippen molar-refractivity contribution >= 4 is 50.2 Å². The van der Waals surface area contributed by atoms with Crippen LogP contribution in [0, 0.1) is 0 Å². The zero-order valence-corrected chi connectivity index (χ0v) is 28.7. The molecular formula is C32H46ClN3O2Si2. The van der Waals surface area contributed by atoms with E-state index in [0.29, 0.717) is 12.5 Å². The van der Waals surface area contributed by atoms with E-state index in [0.717, 1.165) is 39.9 Å². The second kappa shape index (κ2) is 11.2. The molecule has 0 saturated carbocycles. The molecule has 4 rings (SSSR count).